The summed E-state index contributed by atoms with van der Waals surface area (Å²) >= 11 is 0. The molecule has 0 saturated heterocycles. The van der Waals surface area contributed by atoms with Gasteiger partial charge in [-0.25, -0.2) is 0 Å². The Balaban J connectivity index is 0.000000557. The molecule has 0 amide bonds. The van der Waals surface area contributed by atoms with E-state index in [1.807, 2.05) is 19.1 Å². The highest BCUT2D eigenvalue weighted by Crippen LogP contribution is 2.24. The van der Waals surface area contributed by atoms with Gasteiger partial charge in [0.1, 0.15) is 6.29 Å². The van der Waals surface area contributed by atoms with Crippen LogP contribution in [0.1, 0.15) is 57.9 Å². The molecule has 1 atom stereocenters. The number of nitrogen functional groups attached to an aromatic ring is 1. The smallest absolute Gasteiger partial charge is 0.119 e. The van der Waals surface area contributed by atoms with Crippen LogP contribution in [0.3, 0.4) is 0 Å². The number of aldehydes is 1. The lowest BCUT2D eigenvalue weighted by atomic mass is 9.92. The van der Waals surface area contributed by atoms with Crippen LogP contribution in [0.2, 0.25) is 0 Å². The Hall–Kier alpha value is -1.31. The number of carbonyl (C=O) groups excluding carboxylic acids is 1. The van der Waals surface area contributed by atoms with Crippen LogP contribution < -0.4 is 5.73 Å². The van der Waals surface area contributed by atoms with E-state index in [4.69, 9.17) is 5.73 Å². The topological polar surface area (TPSA) is 43.1 Å². The van der Waals surface area contributed by atoms with E-state index in [1.165, 1.54) is 24.8 Å². The summed E-state index contributed by atoms with van der Waals surface area (Å²) < 4.78 is 0. The molecule has 0 aliphatic rings. The first-order chi connectivity index (χ1) is 8.19. The standard InChI is InChI=1S/C12H19N.C3H6O/c1-3-5-10(4-2)11-6-8-12(13)9-7-11;1-2-3-4/h6-10H,3-5,13H2,1-2H3;3H,2H2,1H3. The van der Waals surface area contributed by atoms with Crippen molar-refractivity contribution in [1.82, 2.24) is 0 Å². The lowest BCUT2D eigenvalue weighted by molar-refractivity contribution is -0.107. The molecule has 1 aromatic carbocycles. The first kappa shape index (κ1) is 15.7. The number of benzene rings is 1. The number of hydrogen-bond donors (Lipinski definition) is 1. The Bertz CT molecular complexity index is 292. The highest BCUT2D eigenvalue weighted by molar-refractivity contribution is 5.48. The normalized spacial score (nSPS) is 11.2. The predicted molar refractivity (Wildman–Crippen MR) is 75.1 cm³/mol. The fourth-order valence-electron chi connectivity index (χ4n) is 1.72. The fraction of sp³-hybridized carbons (Fsp3) is 0.533. The Kier molecular flexibility index (Phi) is 9.12. The molecule has 17 heavy (non-hydrogen) atoms. The second-order valence-electron chi connectivity index (χ2n) is 4.14. The summed E-state index contributed by atoms with van der Waals surface area (Å²) in [5.41, 5.74) is 7.93. The van der Waals surface area contributed by atoms with Crippen molar-refractivity contribution in [3.8, 4) is 0 Å². The quantitative estimate of drug-likeness (QED) is 0.615. The molecule has 1 unspecified atom stereocenters. The minimum Gasteiger partial charge on any atom is -0.399 e. The molecule has 0 aliphatic heterocycles. The monoisotopic (exact) mass is 235 g/mol. The largest absolute Gasteiger partial charge is 0.399 e. The van der Waals surface area contributed by atoms with Gasteiger partial charge in [0.15, 0.2) is 0 Å². The van der Waals surface area contributed by atoms with Gasteiger partial charge in [-0.05, 0) is 36.5 Å². The molecule has 0 heterocycles. The second-order valence-corrected chi connectivity index (χ2v) is 4.14. The summed E-state index contributed by atoms with van der Waals surface area (Å²) in [6.07, 6.45) is 5.26. The predicted octanol–water partition coefficient (Wildman–Crippen LogP) is 4.16. The van der Waals surface area contributed by atoms with Crippen molar-refractivity contribution >= 4 is 12.0 Å². The molecular formula is C15H25NO. The van der Waals surface area contributed by atoms with Gasteiger partial charge < -0.3 is 10.5 Å². The van der Waals surface area contributed by atoms with E-state index in [9.17, 15) is 4.79 Å². The molecule has 96 valence electrons. The van der Waals surface area contributed by atoms with E-state index in [1.54, 1.807) is 0 Å². The molecule has 0 fully saturated rings. The van der Waals surface area contributed by atoms with Gasteiger partial charge in [0, 0.05) is 12.1 Å². The van der Waals surface area contributed by atoms with Crippen LogP contribution in [0.25, 0.3) is 0 Å². The molecule has 2 nitrogen and oxygen atoms in total. The Labute approximate surface area is 105 Å². The molecule has 0 radical (unpaired) electrons. The average Bonchev–Trinajstić information content (AvgIpc) is 2.37. The van der Waals surface area contributed by atoms with Crippen LogP contribution in [0, 0.1) is 0 Å². The van der Waals surface area contributed by atoms with Crippen molar-refractivity contribution in [3.05, 3.63) is 29.8 Å². The van der Waals surface area contributed by atoms with Crippen LogP contribution in [0.5, 0.6) is 0 Å². The van der Waals surface area contributed by atoms with Crippen LogP contribution in [-0.4, -0.2) is 6.29 Å². The van der Waals surface area contributed by atoms with Crippen LogP contribution in [-0.2, 0) is 4.79 Å². The summed E-state index contributed by atoms with van der Waals surface area (Å²) in [5, 5.41) is 0. The van der Waals surface area contributed by atoms with E-state index in [2.05, 4.69) is 26.0 Å². The van der Waals surface area contributed by atoms with Gasteiger partial charge in [0.25, 0.3) is 0 Å². The van der Waals surface area contributed by atoms with Gasteiger partial charge in [0.2, 0.25) is 0 Å². The van der Waals surface area contributed by atoms with Crippen LogP contribution in [0.15, 0.2) is 24.3 Å². The third-order valence-corrected chi connectivity index (χ3v) is 2.70. The van der Waals surface area contributed by atoms with Gasteiger partial charge in [-0.15, -0.1) is 0 Å². The second kappa shape index (κ2) is 9.88. The van der Waals surface area contributed by atoms with Gasteiger partial charge in [-0.2, -0.15) is 0 Å². The van der Waals surface area contributed by atoms with Gasteiger partial charge in [0.05, 0.1) is 0 Å². The maximum absolute atomic E-state index is 9.17. The fourth-order valence-corrected chi connectivity index (χ4v) is 1.72. The van der Waals surface area contributed by atoms with Crippen molar-refractivity contribution in [2.45, 2.75) is 52.4 Å². The molecular weight excluding hydrogens is 210 g/mol. The number of hydrogen-bond acceptors (Lipinski definition) is 2. The van der Waals surface area contributed by atoms with Gasteiger partial charge in [-0.3, -0.25) is 0 Å². The molecule has 0 bridgehead atoms. The third-order valence-electron chi connectivity index (χ3n) is 2.70. The number of carbonyl (C=O) groups is 1. The molecule has 2 heteroatoms. The zero-order valence-electron chi connectivity index (χ0n) is 11.3. The zero-order valence-corrected chi connectivity index (χ0v) is 11.3. The minimum atomic E-state index is 0.639. The Morgan fingerprint density at radius 3 is 2.06 bits per heavy atom. The van der Waals surface area contributed by atoms with E-state index in [-0.39, 0.29) is 0 Å². The lowest BCUT2D eigenvalue weighted by Gasteiger charge is -2.13. The van der Waals surface area contributed by atoms with E-state index in [0.29, 0.717) is 12.3 Å². The lowest BCUT2D eigenvalue weighted by Crippen LogP contribution is -1.97. The summed E-state index contributed by atoms with van der Waals surface area (Å²) in [5.74, 6) is 0.714. The Morgan fingerprint density at radius 1 is 1.18 bits per heavy atom. The molecule has 0 aliphatic carbocycles. The third kappa shape index (κ3) is 6.77. The number of nitrogens with two attached hydrogens (primary N) is 1. The first-order valence-corrected chi connectivity index (χ1v) is 6.48. The number of anilines is 1. The average molecular weight is 235 g/mol. The van der Waals surface area contributed by atoms with E-state index >= 15 is 0 Å². The van der Waals surface area contributed by atoms with Crippen molar-refractivity contribution in [2.75, 3.05) is 5.73 Å². The van der Waals surface area contributed by atoms with Crippen molar-refractivity contribution in [3.63, 3.8) is 0 Å². The Morgan fingerprint density at radius 2 is 1.71 bits per heavy atom. The maximum Gasteiger partial charge on any atom is 0.119 e. The van der Waals surface area contributed by atoms with E-state index in [0.717, 1.165) is 12.0 Å². The highest BCUT2D eigenvalue weighted by Gasteiger charge is 2.06. The molecule has 0 saturated carbocycles. The first-order valence-electron chi connectivity index (χ1n) is 6.48. The van der Waals surface area contributed by atoms with E-state index < -0.39 is 0 Å². The maximum atomic E-state index is 9.17. The van der Waals surface area contributed by atoms with Crippen molar-refractivity contribution in [1.29, 1.82) is 0 Å². The van der Waals surface area contributed by atoms with Crippen LogP contribution in [0.4, 0.5) is 5.69 Å². The summed E-state index contributed by atoms with van der Waals surface area (Å²) in [7, 11) is 0. The highest BCUT2D eigenvalue weighted by atomic mass is 16.1. The van der Waals surface area contributed by atoms with Crippen molar-refractivity contribution < 1.29 is 4.79 Å². The van der Waals surface area contributed by atoms with Gasteiger partial charge >= 0.3 is 0 Å². The van der Waals surface area contributed by atoms with Crippen LogP contribution >= 0.6 is 0 Å². The SMILES string of the molecule is CCC=O.CCCC(CC)c1ccc(N)cc1. The molecule has 0 aromatic heterocycles. The number of rotatable bonds is 5. The molecule has 1 aromatic rings. The summed E-state index contributed by atoms with van der Waals surface area (Å²) in [6, 6.07) is 8.29. The minimum absolute atomic E-state index is 0.639. The van der Waals surface area contributed by atoms with Crippen molar-refractivity contribution in [2.24, 2.45) is 0 Å². The van der Waals surface area contributed by atoms with Gasteiger partial charge in [-0.1, -0.05) is 39.3 Å². The summed E-state index contributed by atoms with van der Waals surface area (Å²) in [6.45, 7) is 6.30. The molecule has 2 N–H and O–H groups in total. The zero-order chi connectivity index (χ0) is 13.1. The molecule has 0 spiro atoms. The summed E-state index contributed by atoms with van der Waals surface area (Å²) in [4.78, 5) is 9.17. The molecule has 1 rings (SSSR count).